The Morgan fingerprint density at radius 3 is 1.96 bits per heavy atom. The van der Waals surface area contributed by atoms with Gasteiger partial charge in [-0.25, -0.2) is 8.78 Å². The maximum atomic E-state index is 13.4. The van der Waals surface area contributed by atoms with E-state index in [0.29, 0.717) is 17.0 Å². The van der Waals surface area contributed by atoms with Gasteiger partial charge in [0, 0.05) is 6.42 Å². The normalized spacial score (nSPS) is 15.0. The Labute approximate surface area is 148 Å². The van der Waals surface area contributed by atoms with Crippen molar-refractivity contribution in [2.24, 2.45) is 5.73 Å². The largest absolute Gasteiger partial charge is 0.460 e. The average molecular weight is 368 g/mol. The Balaban J connectivity index is 2.23. The summed E-state index contributed by atoms with van der Waals surface area (Å²) in [4.78, 5) is 48.8. The molecule has 1 heterocycles. The topological polar surface area (TPSA) is 107 Å². The minimum absolute atomic E-state index is 0.263. The number of ether oxygens (including phenoxy) is 1. The van der Waals surface area contributed by atoms with Crippen LogP contribution in [0.5, 0.6) is 0 Å². The molecule has 0 spiro atoms. The van der Waals surface area contributed by atoms with Crippen molar-refractivity contribution in [3.8, 4) is 0 Å². The van der Waals surface area contributed by atoms with Crippen molar-refractivity contribution in [3.05, 3.63) is 34.9 Å². The first kappa shape index (κ1) is 19.5. The van der Waals surface area contributed by atoms with Gasteiger partial charge in [-0.15, -0.1) is 0 Å². The highest BCUT2D eigenvalue weighted by Crippen LogP contribution is 2.28. The van der Waals surface area contributed by atoms with Gasteiger partial charge in [-0.2, -0.15) is 0 Å². The second kappa shape index (κ2) is 6.81. The molecule has 9 heteroatoms. The second-order valence-electron chi connectivity index (χ2n) is 6.84. The number of benzene rings is 1. The molecule has 1 aliphatic heterocycles. The van der Waals surface area contributed by atoms with E-state index in [1.807, 2.05) is 0 Å². The quantitative estimate of drug-likeness (QED) is 0.627. The Bertz CT molecular complexity index is 760. The zero-order chi connectivity index (χ0) is 19.8. The van der Waals surface area contributed by atoms with Crippen LogP contribution in [0, 0.1) is 11.6 Å². The minimum Gasteiger partial charge on any atom is -0.460 e. The number of primary amides is 1. The van der Waals surface area contributed by atoms with Gasteiger partial charge < -0.3 is 10.5 Å². The number of rotatable bonds is 5. The summed E-state index contributed by atoms with van der Waals surface area (Å²) in [5, 5.41) is 0. The van der Waals surface area contributed by atoms with E-state index in [4.69, 9.17) is 10.5 Å². The molecule has 0 saturated carbocycles. The second-order valence-corrected chi connectivity index (χ2v) is 6.84. The lowest BCUT2D eigenvalue weighted by molar-refractivity contribution is -0.155. The molecule has 1 aromatic rings. The summed E-state index contributed by atoms with van der Waals surface area (Å²) in [5.74, 6) is -6.21. The third kappa shape index (κ3) is 3.87. The van der Waals surface area contributed by atoms with Crippen molar-refractivity contribution in [3.63, 3.8) is 0 Å². The lowest BCUT2D eigenvalue weighted by Crippen LogP contribution is -2.48. The Morgan fingerprint density at radius 1 is 1.12 bits per heavy atom. The zero-order valence-corrected chi connectivity index (χ0v) is 14.5. The smallest absolute Gasteiger partial charge is 0.306 e. The van der Waals surface area contributed by atoms with Crippen molar-refractivity contribution < 1.29 is 32.7 Å². The van der Waals surface area contributed by atoms with Gasteiger partial charge in [0.15, 0.2) is 11.6 Å². The molecular formula is C17H18F2N2O5. The zero-order valence-electron chi connectivity index (χ0n) is 14.5. The monoisotopic (exact) mass is 368 g/mol. The summed E-state index contributed by atoms with van der Waals surface area (Å²) < 4.78 is 31.8. The van der Waals surface area contributed by atoms with Gasteiger partial charge in [-0.1, -0.05) is 0 Å². The third-order valence-electron chi connectivity index (χ3n) is 3.64. The number of hydrogen-bond acceptors (Lipinski definition) is 5. The van der Waals surface area contributed by atoms with Gasteiger partial charge in [0.2, 0.25) is 5.91 Å². The average Bonchev–Trinajstić information content (AvgIpc) is 2.71. The van der Waals surface area contributed by atoms with Crippen molar-refractivity contribution in [1.29, 1.82) is 0 Å². The molecule has 0 saturated heterocycles. The van der Waals surface area contributed by atoms with Crippen LogP contribution in [-0.4, -0.2) is 40.2 Å². The van der Waals surface area contributed by atoms with E-state index >= 15 is 0 Å². The SMILES string of the molecule is CC(C)(C)OC(=O)CC[C@H](C(N)=O)N1C(=O)c2cc(F)c(F)cc2C1=O. The van der Waals surface area contributed by atoms with E-state index in [-0.39, 0.29) is 24.0 Å². The predicted molar refractivity (Wildman–Crippen MR) is 84.9 cm³/mol. The molecule has 1 aromatic carbocycles. The van der Waals surface area contributed by atoms with Crippen molar-refractivity contribution in [1.82, 2.24) is 4.90 Å². The van der Waals surface area contributed by atoms with Crippen LogP contribution in [0.15, 0.2) is 12.1 Å². The standard InChI is InChI=1S/C17H18F2N2O5/c1-17(2,3)26-13(22)5-4-12(14(20)23)21-15(24)8-6-10(18)11(19)7-9(8)16(21)25/h6-7,12H,4-5H2,1-3H3,(H2,20,23)/t12-/m1/s1. The maximum absolute atomic E-state index is 13.4. The van der Waals surface area contributed by atoms with Crippen LogP contribution in [0.4, 0.5) is 8.78 Å². The predicted octanol–water partition coefficient (Wildman–Crippen LogP) is 1.54. The van der Waals surface area contributed by atoms with Crippen LogP contribution < -0.4 is 5.73 Å². The molecule has 0 aromatic heterocycles. The Morgan fingerprint density at radius 2 is 1.58 bits per heavy atom. The van der Waals surface area contributed by atoms with E-state index in [9.17, 15) is 28.0 Å². The lowest BCUT2D eigenvalue weighted by Gasteiger charge is -2.24. The fourth-order valence-electron chi connectivity index (χ4n) is 2.58. The maximum Gasteiger partial charge on any atom is 0.306 e. The molecule has 140 valence electrons. The molecule has 0 fully saturated rings. The summed E-state index contributed by atoms with van der Waals surface area (Å²) in [6.45, 7) is 4.97. The first-order valence-electron chi connectivity index (χ1n) is 7.80. The summed E-state index contributed by atoms with van der Waals surface area (Å²) in [6, 6.07) is -0.255. The van der Waals surface area contributed by atoms with E-state index in [0.717, 1.165) is 0 Å². The molecule has 0 radical (unpaired) electrons. The van der Waals surface area contributed by atoms with Crippen LogP contribution in [0.3, 0.4) is 0 Å². The summed E-state index contributed by atoms with van der Waals surface area (Å²) in [7, 11) is 0. The number of amides is 3. The molecular weight excluding hydrogens is 350 g/mol. The number of esters is 1. The summed E-state index contributed by atoms with van der Waals surface area (Å²) in [5.41, 5.74) is 3.79. The van der Waals surface area contributed by atoms with Gasteiger partial charge in [0.25, 0.3) is 11.8 Å². The Hall–Kier alpha value is -2.84. The molecule has 2 rings (SSSR count). The molecule has 2 N–H and O–H groups in total. The fraction of sp³-hybridized carbons (Fsp3) is 0.412. The molecule has 0 bridgehead atoms. The molecule has 26 heavy (non-hydrogen) atoms. The first-order chi connectivity index (χ1) is 11.9. The van der Waals surface area contributed by atoms with Gasteiger partial charge >= 0.3 is 5.97 Å². The Kier molecular flexibility index (Phi) is 5.11. The molecule has 1 aliphatic rings. The summed E-state index contributed by atoms with van der Waals surface area (Å²) >= 11 is 0. The van der Waals surface area contributed by atoms with E-state index in [2.05, 4.69) is 0 Å². The number of nitrogens with zero attached hydrogens (tertiary/aromatic N) is 1. The fourth-order valence-corrected chi connectivity index (χ4v) is 2.58. The van der Waals surface area contributed by atoms with Gasteiger partial charge in [0.05, 0.1) is 11.1 Å². The van der Waals surface area contributed by atoms with Crippen LogP contribution in [0.1, 0.15) is 54.3 Å². The number of imide groups is 1. The van der Waals surface area contributed by atoms with Crippen LogP contribution >= 0.6 is 0 Å². The molecule has 1 atom stereocenters. The third-order valence-corrected chi connectivity index (χ3v) is 3.64. The molecule has 7 nitrogen and oxygen atoms in total. The van der Waals surface area contributed by atoms with Crippen molar-refractivity contribution in [2.75, 3.05) is 0 Å². The molecule has 0 unspecified atom stereocenters. The van der Waals surface area contributed by atoms with Crippen LogP contribution in [-0.2, 0) is 14.3 Å². The first-order valence-corrected chi connectivity index (χ1v) is 7.80. The van der Waals surface area contributed by atoms with E-state index < -0.39 is 47.0 Å². The van der Waals surface area contributed by atoms with Crippen LogP contribution in [0.2, 0.25) is 0 Å². The highest BCUT2D eigenvalue weighted by molar-refractivity contribution is 6.22. The van der Waals surface area contributed by atoms with Crippen LogP contribution in [0.25, 0.3) is 0 Å². The molecule has 0 aliphatic carbocycles. The van der Waals surface area contributed by atoms with E-state index in [1.165, 1.54) is 0 Å². The van der Waals surface area contributed by atoms with Gasteiger partial charge in [0.1, 0.15) is 11.6 Å². The van der Waals surface area contributed by atoms with Gasteiger partial charge in [-0.3, -0.25) is 24.1 Å². The number of carbonyl (C=O) groups is 4. The highest BCUT2D eigenvalue weighted by Gasteiger charge is 2.43. The van der Waals surface area contributed by atoms with Gasteiger partial charge in [-0.05, 0) is 39.3 Å². The van der Waals surface area contributed by atoms with Crippen molar-refractivity contribution in [2.45, 2.75) is 45.3 Å². The lowest BCUT2D eigenvalue weighted by atomic mass is 10.1. The van der Waals surface area contributed by atoms with Crippen molar-refractivity contribution >= 4 is 23.7 Å². The number of nitrogens with two attached hydrogens (primary N) is 1. The summed E-state index contributed by atoms with van der Waals surface area (Å²) in [6.07, 6.45) is -0.540. The minimum atomic E-state index is -1.44. The number of halogens is 2. The van der Waals surface area contributed by atoms with E-state index in [1.54, 1.807) is 20.8 Å². The number of fused-ring (bicyclic) bond motifs is 1. The molecule has 3 amide bonds. The number of hydrogen-bond donors (Lipinski definition) is 1. The number of carbonyl (C=O) groups excluding carboxylic acids is 4. The highest BCUT2D eigenvalue weighted by atomic mass is 19.2.